The molecule has 0 aromatic heterocycles. The third-order valence-electron chi connectivity index (χ3n) is 6.16. The molecule has 130 valence electrons. The molecule has 0 spiro atoms. The van der Waals surface area contributed by atoms with Gasteiger partial charge in [-0.3, -0.25) is 0 Å². The molecule has 0 heterocycles. The van der Waals surface area contributed by atoms with Crippen LogP contribution in [-0.2, 0) is 5.41 Å². The minimum atomic E-state index is -0.116. The molecular formula is C26H26. The highest BCUT2D eigenvalue weighted by Gasteiger charge is 2.42. The van der Waals surface area contributed by atoms with Crippen molar-refractivity contribution in [2.45, 2.75) is 33.1 Å². The normalized spacial score (nSPS) is 12.6. The fraction of sp³-hybridized carbons (Fsp3) is 0.231. The summed E-state index contributed by atoms with van der Waals surface area (Å²) in [5.74, 6) is 0. The minimum absolute atomic E-state index is 0.0568. The summed E-state index contributed by atoms with van der Waals surface area (Å²) >= 11 is 0. The maximum atomic E-state index is 2.41. The minimum Gasteiger partial charge on any atom is -0.0616 e. The molecule has 0 N–H and O–H groups in total. The van der Waals surface area contributed by atoms with Gasteiger partial charge in [-0.25, -0.2) is 0 Å². The van der Waals surface area contributed by atoms with Gasteiger partial charge in [-0.15, -0.1) is 0 Å². The lowest BCUT2D eigenvalue weighted by Gasteiger charge is -2.44. The summed E-state index contributed by atoms with van der Waals surface area (Å²) in [6.07, 6.45) is 0. The monoisotopic (exact) mass is 338 g/mol. The molecule has 0 fully saturated rings. The molecule has 0 bridgehead atoms. The Kier molecular flexibility index (Phi) is 3.88. The van der Waals surface area contributed by atoms with Gasteiger partial charge in [0.1, 0.15) is 0 Å². The first-order valence-corrected chi connectivity index (χ1v) is 9.39. The third kappa shape index (κ3) is 2.44. The van der Waals surface area contributed by atoms with E-state index in [0.717, 1.165) is 0 Å². The molecule has 0 aliphatic rings. The Morgan fingerprint density at radius 3 is 1.27 bits per heavy atom. The summed E-state index contributed by atoms with van der Waals surface area (Å²) in [4.78, 5) is 0. The van der Waals surface area contributed by atoms with Gasteiger partial charge in [0.25, 0.3) is 0 Å². The predicted molar refractivity (Wildman–Crippen MR) is 114 cm³/mol. The molecule has 0 atom stereocenters. The van der Waals surface area contributed by atoms with Gasteiger partial charge in [0, 0.05) is 5.41 Å². The largest absolute Gasteiger partial charge is 0.0616 e. The number of hydrogen-bond donors (Lipinski definition) is 0. The van der Waals surface area contributed by atoms with E-state index in [0.29, 0.717) is 0 Å². The van der Waals surface area contributed by atoms with E-state index >= 15 is 0 Å². The standard InChI is InChI=1S/C26H26/c1-25(2,3)26(4,23-17-9-13-19-11-5-7-15-21(19)23)24-18-10-14-20-12-6-8-16-22(20)24/h5-18H,1-4H3. The summed E-state index contributed by atoms with van der Waals surface area (Å²) in [6.45, 7) is 9.49. The number of rotatable bonds is 2. The van der Waals surface area contributed by atoms with Crippen LogP contribution in [0.1, 0.15) is 38.8 Å². The molecule has 0 radical (unpaired) electrons. The van der Waals surface area contributed by atoms with Crippen LogP contribution in [0.3, 0.4) is 0 Å². The van der Waals surface area contributed by atoms with Crippen molar-refractivity contribution in [3.8, 4) is 0 Å². The highest BCUT2D eigenvalue weighted by atomic mass is 14.4. The highest BCUT2D eigenvalue weighted by molar-refractivity contribution is 5.91. The van der Waals surface area contributed by atoms with E-state index in [-0.39, 0.29) is 10.8 Å². The smallest absolute Gasteiger partial charge is 0.0235 e. The van der Waals surface area contributed by atoms with E-state index in [2.05, 4.69) is 113 Å². The fourth-order valence-electron chi connectivity index (χ4n) is 4.28. The molecule has 4 aromatic rings. The van der Waals surface area contributed by atoms with Crippen LogP contribution in [0.15, 0.2) is 84.9 Å². The lowest BCUT2D eigenvalue weighted by Crippen LogP contribution is -2.38. The van der Waals surface area contributed by atoms with Crippen LogP contribution in [-0.4, -0.2) is 0 Å². The topological polar surface area (TPSA) is 0 Å². The maximum absolute atomic E-state index is 2.41. The third-order valence-corrected chi connectivity index (χ3v) is 6.16. The van der Waals surface area contributed by atoms with Gasteiger partial charge in [0.05, 0.1) is 0 Å². The summed E-state index contributed by atoms with van der Waals surface area (Å²) in [5.41, 5.74) is 2.74. The van der Waals surface area contributed by atoms with Crippen LogP contribution >= 0.6 is 0 Å². The second-order valence-electron chi connectivity index (χ2n) is 8.43. The van der Waals surface area contributed by atoms with Crippen molar-refractivity contribution < 1.29 is 0 Å². The zero-order chi connectivity index (χ0) is 18.4. The van der Waals surface area contributed by atoms with E-state index in [1.165, 1.54) is 32.7 Å². The second-order valence-corrected chi connectivity index (χ2v) is 8.43. The molecule has 0 saturated carbocycles. The van der Waals surface area contributed by atoms with Crippen LogP contribution < -0.4 is 0 Å². The van der Waals surface area contributed by atoms with E-state index in [4.69, 9.17) is 0 Å². The fourth-order valence-corrected chi connectivity index (χ4v) is 4.28. The highest BCUT2D eigenvalue weighted by Crippen LogP contribution is 2.50. The van der Waals surface area contributed by atoms with Crippen molar-refractivity contribution >= 4 is 21.5 Å². The number of benzene rings is 4. The van der Waals surface area contributed by atoms with Gasteiger partial charge >= 0.3 is 0 Å². The molecule has 4 aromatic carbocycles. The molecule has 0 saturated heterocycles. The zero-order valence-corrected chi connectivity index (χ0v) is 16.1. The molecule has 4 rings (SSSR count). The molecular weight excluding hydrogens is 312 g/mol. The predicted octanol–water partition coefficient (Wildman–Crippen LogP) is 7.35. The van der Waals surface area contributed by atoms with Gasteiger partial charge in [-0.1, -0.05) is 113 Å². The van der Waals surface area contributed by atoms with Crippen LogP contribution in [0, 0.1) is 5.41 Å². The van der Waals surface area contributed by atoms with Crippen LogP contribution in [0.4, 0.5) is 0 Å². The quantitative estimate of drug-likeness (QED) is 0.358. The molecule has 0 aliphatic heterocycles. The molecule has 0 amide bonds. The molecule has 0 nitrogen and oxygen atoms in total. The molecule has 26 heavy (non-hydrogen) atoms. The van der Waals surface area contributed by atoms with E-state index in [1.54, 1.807) is 0 Å². The van der Waals surface area contributed by atoms with Crippen LogP contribution in [0.2, 0.25) is 0 Å². The Labute approximate surface area is 156 Å². The van der Waals surface area contributed by atoms with Gasteiger partial charge in [-0.05, 0) is 38.1 Å². The lowest BCUT2D eigenvalue weighted by molar-refractivity contribution is 0.253. The van der Waals surface area contributed by atoms with Crippen molar-refractivity contribution in [1.29, 1.82) is 0 Å². The molecule has 0 aliphatic carbocycles. The van der Waals surface area contributed by atoms with Crippen molar-refractivity contribution in [2.75, 3.05) is 0 Å². The Morgan fingerprint density at radius 2 is 0.846 bits per heavy atom. The van der Waals surface area contributed by atoms with Crippen molar-refractivity contribution in [3.63, 3.8) is 0 Å². The zero-order valence-electron chi connectivity index (χ0n) is 16.1. The van der Waals surface area contributed by atoms with Gasteiger partial charge in [-0.2, -0.15) is 0 Å². The Morgan fingerprint density at radius 1 is 0.462 bits per heavy atom. The van der Waals surface area contributed by atoms with Crippen LogP contribution in [0.25, 0.3) is 21.5 Å². The summed E-state index contributed by atoms with van der Waals surface area (Å²) in [7, 11) is 0. The van der Waals surface area contributed by atoms with Crippen molar-refractivity contribution in [1.82, 2.24) is 0 Å². The maximum Gasteiger partial charge on any atom is 0.0235 e. The average Bonchev–Trinajstić information content (AvgIpc) is 2.65. The molecule has 0 heteroatoms. The van der Waals surface area contributed by atoms with Gasteiger partial charge in [0.2, 0.25) is 0 Å². The summed E-state index contributed by atoms with van der Waals surface area (Å²) in [5, 5.41) is 5.31. The van der Waals surface area contributed by atoms with Gasteiger partial charge < -0.3 is 0 Å². The number of hydrogen-bond acceptors (Lipinski definition) is 0. The Balaban J connectivity index is 2.13. The van der Waals surface area contributed by atoms with Gasteiger partial charge in [0.15, 0.2) is 0 Å². The Hall–Kier alpha value is -2.60. The first kappa shape index (κ1) is 16.8. The average molecular weight is 338 g/mol. The Bertz CT molecular complexity index is 990. The summed E-state index contributed by atoms with van der Waals surface area (Å²) in [6, 6.07) is 31.0. The second kappa shape index (κ2) is 5.99. The summed E-state index contributed by atoms with van der Waals surface area (Å²) < 4.78 is 0. The number of fused-ring (bicyclic) bond motifs is 2. The molecule has 0 unspecified atom stereocenters. The van der Waals surface area contributed by atoms with E-state index in [9.17, 15) is 0 Å². The van der Waals surface area contributed by atoms with Crippen molar-refractivity contribution in [2.24, 2.45) is 5.41 Å². The van der Waals surface area contributed by atoms with Crippen LogP contribution in [0.5, 0.6) is 0 Å². The first-order valence-electron chi connectivity index (χ1n) is 9.39. The van der Waals surface area contributed by atoms with E-state index in [1.807, 2.05) is 0 Å². The first-order chi connectivity index (χ1) is 12.4. The van der Waals surface area contributed by atoms with Crippen molar-refractivity contribution in [3.05, 3.63) is 96.1 Å². The lowest BCUT2D eigenvalue weighted by atomic mass is 9.59. The van der Waals surface area contributed by atoms with E-state index < -0.39 is 0 Å². The SMILES string of the molecule is CC(C)(C)C(C)(c1cccc2ccccc12)c1cccc2ccccc12.